The van der Waals surface area contributed by atoms with E-state index in [1.54, 1.807) is 24.5 Å². The van der Waals surface area contributed by atoms with Crippen molar-refractivity contribution in [2.75, 3.05) is 28.6 Å². The Bertz CT molecular complexity index is 1260. The number of nitrogens with one attached hydrogen (secondary N) is 2. The first-order valence-corrected chi connectivity index (χ1v) is 11.0. The fourth-order valence-electron chi connectivity index (χ4n) is 4.21. The van der Waals surface area contributed by atoms with Crippen LogP contribution in [0.1, 0.15) is 46.3 Å². The fraction of sp³-hybridized carbons (Fsp3) is 0.280. The van der Waals surface area contributed by atoms with E-state index < -0.39 is 17.6 Å². The van der Waals surface area contributed by atoms with Gasteiger partial charge >= 0.3 is 6.18 Å². The maximum Gasteiger partial charge on any atom is 0.417 e. The van der Waals surface area contributed by atoms with Crippen LogP contribution in [0.5, 0.6) is 0 Å². The van der Waals surface area contributed by atoms with Crippen molar-refractivity contribution in [3.8, 4) is 0 Å². The Morgan fingerprint density at radius 2 is 1.71 bits per heavy atom. The zero-order valence-corrected chi connectivity index (χ0v) is 19.2. The molecule has 1 fully saturated rings. The molecular formula is C25H24F3N5O2. The van der Waals surface area contributed by atoms with Crippen molar-refractivity contribution in [3.05, 3.63) is 77.4 Å². The Hall–Kier alpha value is -3.95. The molecule has 0 bridgehead atoms. The summed E-state index contributed by atoms with van der Waals surface area (Å²) in [5, 5.41) is 5.24. The van der Waals surface area contributed by atoms with Crippen LogP contribution >= 0.6 is 0 Å². The van der Waals surface area contributed by atoms with Gasteiger partial charge in [-0.25, -0.2) is 0 Å². The highest BCUT2D eigenvalue weighted by Gasteiger charge is 2.31. The van der Waals surface area contributed by atoms with Gasteiger partial charge in [0.15, 0.2) is 0 Å². The number of benzene rings is 1. The van der Waals surface area contributed by atoms with Crippen LogP contribution in [0.15, 0.2) is 55.1 Å². The topological polar surface area (TPSA) is 87.2 Å². The van der Waals surface area contributed by atoms with Crippen LogP contribution in [0.25, 0.3) is 0 Å². The Balaban J connectivity index is 1.49. The minimum Gasteiger partial charge on any atom is -0.370 e. The number of carbonyl (C=O) groups is 2. The van der Waals surface area contributed by atoms with Crippen LogP contribution in [0, 0.1) is 6.92 Å². The number of amides is 2. The number of anilines is 3. The summed E-state index contributed by atoms with van der Waals surface area (Å²) in [5.41, 5.74) is 2.96. The van der Waals surface area contributed by atoms with E-state index in [9.17, 15) is 22.8 Å². The Morgan fingerprint density at radius 1 is 1.00 bits per heavy atom. The van der Waals surface area contributed by atoms with Gasteiger partial charge in [-0.05, 0) is 48.7 Å². The maximum absolute atomic E-state index is 13.0. The minimum absolute atomic E-state index is 0.0226. The second-order valence-corrected chi connectivity index (χ2v) is 8.53. The van der Waals surface area contributed by atoms with E-state index in [-0.39, 0.29) is 17.5 Å². The second-order valence-electron chi connectivity index (χ2n) is 8.53. The summed E-state index contributed by atoms with van der Waals surface area (Å²) in [5.74, 6) is -0.522. The molecule has 3 aromatic rings. The molecule has 2 amide bonds. The Labute approximate surface area is 200 Å². The quantitative estimate of drug-likeness (QED) is 0.533. The lowest BCUT2D eigenvalue weighted by Crippen LogP contribution is -2.20. The van der Waals surface area contributed by atoms with Gasteiger partial charge in [-0.15, -0.1) is 0 Å². The van der Waals surface area contributed by atoms with Gasteiger partial charge in [0.05, 0.1) is 41.2 Å². The number of aryl methyl sites for hydroxylation is 1. The van der Waals surface area contributed by atoms with Crippen molar-refractivity contribution in [1.82, 2.24) is 9.97 Å². The van der Waals surface area contributed by atoms with Gasteiger partial charge in [0, 0.05) is 37.7 Å². The van der Waals surface area contributed by atoms with E-state index in [2.05, 4.69) is 25.5 Å². The third-order valence-corrected chi connectivity index (χ3v) is 5.90. The SMILES string of the molecule is CC(=O)Nc1cncc(N2CC[C@@H](c3cc(C(=O)Nc4cncc(C(F)(F)F)c4)ccc3C)C2)c1. The largest absolute Gasteiger partial charge is 0.417 e. The predicted octanol–water partition coefficient (Wildman–Crippen LogP) is 5.01. The summed E-state index contributed by atoms with van der Waals surface area (Å²) in [6.07, 6.45) is 1.54. The first-order chi connectivity index (χ1) is 16.6. The summed E-state index contributed by atoms with van der Waals surface area (Å²) >= 11 is 0. The average molecular weight is 483 g/mol. The summed E-state index contributed by atoms with van der Waals surface area (Å²) in [6, 6.07) is 8.03. The number of rotatable bonds is 5. The summed E-state index contributed by atoms with van der Waals surface area (Å²) in [4.78, 5) is 34.1. The summed E-state index contributed by atoms with van der Waals surface area (Å²) < 4.78 is 38.9. The highest BCUT2D eigenvalue weighted by Crippen LogP contribution is 2.34. The molecule has 35 heavy (non-hydrogen) atoms. The lowest BCUT2D eigenvalue weighted by atomic mass is 9.92. The maximum atomic E-state index is 13.0. The molecule has 0 aliphatic carbocycles. The van der Waals surface area contributed by atoms with Gasteiger partial charge in [0.25, 0.3) is 5.91 Å². The second kappa shape index (κ2) is 9.73. The normalized spacial score (nSPS) is 15.7. The standard InChI is InChI=1S/C25H24F3N5O2/c1-15-3-4-17(24(35)32-20-8-19(10-29-11-20)25(26,27)28)7-23(15)18-5-6-33(14-18)22-9-21(12-30-13-22)31-16(2)34/h3-4,7-13,18H,5-6,14H2,1-2H3,(H,31,34)(H,32,35)/t18-/m1/s1. The smallest absolute Gasteiger partial charge is 0.370 e. The molecule has 0 saturated carbocycles. The molecule has 1 aliphatic rings. The number of hydrogen-bond acceptors (Lipinski definition) is 5. The van der Waals surface area contributed by atoms with Gasteiger partial charge in [0.1, 0.15) is 0 Å². The molecule has 2 N–H and O–H groups in total. The molecule has 3 heterocycles. The van der Waals surface area contributed by atoms with E-state index in [1.165, 1.54) is 13.1 Å². The van der Waals surface area contributed by atoms with Crippen molar-refractivity contribution >= 4 is 28.9 Å². The lowest BCUT2D eigenvalue weighted by molar-refractivity contribution is -0.137. The molecular weight excluding hydrogens is 459 g/mol. The minimum atomic E-state index is -4.55. The van der Waals surface area contributed by atoms with Crippen molar-refractivity contribution in [3.63, 3.8) is 0 Å². The third-order valence-electron chi connectivity index (χ3n) is 5.90. The molecule has 1 atom stereocenters. The summed E-state index contributed by atoms with van der Waals surface area (Å²) in [6.45, 7) is 4.89. The molecule has 0 unspecified atom stereocenters. The molecule has 0 radical (unpaired) electrons. The predicted molar refractivity (Wildman–Crippen MR) is 126 cm³/mol. The van der Waals surface area contributed by atoms with Crippen molar-refractivity contribution in [1.29, 1.82) is 0 Å². The number of halogens is 3. The molecule has 1 saturated heterocycles. The van der Waals surface area contributed by atoms with Crippen LogP contribution < -0.4 is 15.5 Å². The number of hydrogen-bond donors (Lipinski definition) is 2. The van der Waals surface area contributed by atoms with Crippen molar-refractivity contribution in [2.24, 2.45) is 0 Å². The number of alkyl halides is 3. The lowest BCUT2D eigenvalue weighted by Gasteiger charge is -2.20. The number of nitrogens with zero attached hydrogens (tertiary/aromatic N) is 3. The van der Waals surface area contributed by atoms with E-state index in [1.807, 2.05) is 19.1 Å². The van der Waals surface area contributed by atoms with Crippen LogP contribution in [-0.4, -0.2) is 34.9 Å². The number of carbonyl (C=O) groups excluding carboxylic acids is 2. The van der Waals surface area contributed by atoms with Gasteiger partial charge < -0.3 is 15.5 Å². The average Bonchev–Trinajstić information content (AvgIpc) is 3.29. The molecule has 2 aromatic heterocycles. The summed E-state index contributed by atoms with van der Waals surface area (Å²) in [7, 11) is 0. The van der Waals surface area contributed by atoms with Gasteiger partial charge in [-0.1, -0.05) is 6.07 Å². The first kappa shape index (κ1) is 24.2. The van der Waals surface area contributed by atoms with Gasteiger partial charge in [0.2, 0.25) is 5.91 Å². The van der Waals surface area contributed by atoms with E-state index in [0.717, 1.165) is 35.8 Å². The first-order valence-electron chi connectivity index (χ1n) is 11.0. The van der Waals surface area contributed by atoms with Crippen LogP contribution in [-0.2, 0) is 11.0 Å². The Kier molecular flexibility index (Phi) is 6.72. The fourth-order valence-corrected chi connectivity index (χ4v) is 4.21. The molecule has 0 spiro atoms. The molecule has 7 nitrogen and oxygen atoms in total. The van der Waals surface area contributed by atoms with Crippen LogP contribution in [0.3, 0.4) is 0 Å². The van der Waals surface area contributed by atoms with E-state index in [4.69, 9.17) is 0 Å². The zero-order valence-electron chi connectivity index (χ0n) is 19.2. The molecule has 1 aromatic carbocycles. The van der Waals surface area contributed by atoms with Gasteiger partial charge in [-0.2, -0.15) is 13.2 Å². The van der Waals surface area contributed by atoms with Crippen LogP contribution in [0.2, 0.25) is 0 Å². The molecule has 1 aliphatic heterocycles. The van der Waals surface area contributed by atoms with E-state index in [0.29, 0.717) is 24.0 Å². The Morgan fingerprint density at radius 3 is 2.43 bits per heavy atom. The van der Waals surface area contributed by atoms with Crippen molar-refractivity contribution < 1.29 is 22.8 Å². The monoisotopic (exact) mass is 483 g/mol. The molecule has 10 heteroatoms. The zero-order chi connectivity index (χ0) is 25.2. The number of pyridine rings is 2. The van der Waals surface area contributed by atoms with Crippen LogP contribution in [0.4, 0.5) is 30.2 Å². The highest BCUT2D eigenvalue weighted by molar-refractivity contribution is 6.04. The molecule has 182 valence electrons. The highest BCUT2D eigenvalue weighted by atomic mass is 19.4. The molecule has 4 rings (SSSR count). The third kappa shape index (κ3) is 5.76. The number of aromatic nitrogens is 2. The van der Waals surface area contributed by atoms with Crippen molar-refractivity contribution in [2.45, 2.75) is 32.4 Å². The van der Waals surface area contributed by atoms with Gasteiger partial charge in [-0.3, -0.25) is 19.6 Å². The van der Waals surface area contributed by atoms with E-state index >= 15 is 0 Å².